The normalized spacial score (nSPS) is 12.6. The first-order valence-corrected chi connectivity index (χ1v) is 5.81. The summed E-state index contributed by atoms with van der Waals surface area (Å²) in [6, 6.07) is 0. The van der Waals surface area contributed by atoms with E-state index in [9.17, 15) is 18.0 Å². The van der Waals surface area contributed by atoms with E-state index in [1.165, 1.54) is 7.05 Å². The molecule has 0 saturated carbocycles. The van der Waals surface area contributed by atoms with Gasteiger partial charge in [0, 0.05) is 25.9 Å². The Hall–Kier alpha value is -0.430. The zero-order valence-electron chi connectivity index (χ0n) is 9.57. The minimum absolute atomic E-state index is 0.0483. The first-order chi connectivity index (χ1) is 7.19. The molecule has 16 heavy (non-hydrogen) atoms. The van der Waals surface area contributed by atoms with Crippen LogP contribution in [0.4, 0.5) is 13.2 Å². The first-order valence-electron chi connectivity index (χ1n) is 4.82. The Morgan fingerprint density at radius 3 is 2.31 bits per heavy atom. The number of alkyl halides is 3. The fourth-order valence-electron chi connectivity index (χ4n) is 1.06. The van der Waals surface area contributed by atoms with Crippen molar-refractivity contribution >= 4 is 17.7 Å². The van der Waals surface area contributed by atoms with E-state index in [1.807, 2.05) is 0 Å². The molecule has 2 N–H and O–H groups in total. The summed E-state index contributed by atoms with van der Waals surface area (Å²) in [5, 5.41) is 5.34. The third-order valence-corrected chi connectivity index (χ3v) is 2.69. The van der Waals surface area contributed by atoms with Gasteiger partial charge in [0.25, 0.3) is 0 Å². The van der Waals surface area contributed by atoms with Crippen molar-refractivity contribution in [3.8, 4) is 0 Å². The van der Waals surface area contributed by atoms with Gasteiger partial charge < -0.3 is 10.6 Å². The van der Waals surface area contributed by atoms with Gasteiger partial charge in [-0.1, -0.05) is 0 Å². The summed E-state index contributed by atoms with van der Waals surface area (Å²) in [6.45, 7) is 4.04. The second-order valence-electron chi connectivity index (χ2n) is 3.93. The van der Waals surface area contributed by atoms with E-state index in [2.05, 4.69) is 10.6 Å². The lowest BCUT2D eigenvalue weighted by Gasteiger charge is -2.22. The van der Waals surface area contributed by atoms with Crippen LogP contribution >= 0.6 is 11.8 Å². The molecule has 0 aliphatic carbocycles. The van der Waals surface area contributed by atoms with Crippen LogP contribution in [0.3, 0.4) is 0 Å². The highest BCUT2D eigenvalue weighted by Crippen LogP contribution is 2.29. The Labute approximate surface area is 97.5 Å². The molecule has 0 radical (unpaired) electrons. The van der Waals surface area contributed by atoms with Crippen LogP contribution in [0, 0.1) is 5.41 Å². The maximum absolute atomic E-state index is 11.8. The van der Waals surface area contributed by atoms with Crippen molar-refractivity contribution in [2.45, 2.75) is 19.4 Å². The van der Waals surface area contributed by atoms with Crippen molar-refractivity contribution in [1.82, 2.24) is 10.6 Å². The molecule has 7 heteroatoms. The Morgan fingerprint density at radius 1 is 1.31 bits per heavy atom. The second-order valence-corrected chi connectivity index (χ2v) is 5.09. The van der Waals surface area contributed by atoms with Crippen LogP contribution in [0.5, 0.6) is 0 Å². The Morgan fingerprint density at radius 2 is 1.88 bits per heavy atom. The standard InChI is InChI=1S/C9H17F3N2OS/c1-8(2,7(15)13-3)6-14-4-5-16-9(10,11)12/h14H,4-6H2,1-3H3,(H,13,15). The van der Waals surface area contributed by atoms with E-state index in [0.717, 1.165) is 0 Å². The summed E-state index contributed by atoms with van der Waals surface area (Å²) in [6.07, 6.45) is 0. The summed E-state index contributed by atoms with van der Waals surface area (Å²) < 4.78 is 35.3. The molecule has 96 valence electrons. The first kappa shape index (κ1) is 15.6. The summed E-state index contributed by atoms with van der Waals surface area (Å²) in [4.78, 5) is 11.3. The number of amides is 1. The number of hydrogen-bond donors (Lipinski definition) is 2. The van der Waals surface area contributed by atoms with E-state index in [4.69, 9.17) is 0 Å². The van der Waals surface area contributed by atoms with E-state index >= 15 is 0 Å². The van der Waals surface area contributed by atoms with Gasteiger partial charge in [-0.2, -0.15) is 13.2 Å². The average Bonchev–Trinajstić information content (AvgIpc) is 2.14. The molecule has 0 spiro atoms. The van der Waals surface area contributed by atoms with Gasteiger partial charge in [-0.15, -0.1) is 0 Å². The van der Waals surface area contributed by atoms with Crippen molar-refractivity contribution in [2.24, 2.45) is 5.41 Å². The van der Waals surface area contributed by atoms with Crippen LogP contribution in [0.1, 0.15) is 13.8 Å². The SMILES string of the molecule is CNC(=O)C(C)(C)CNCCSC(F)(F)F. The highest BCUT2D eigenvalue weighted by atomic mass is 32.2. The quantitative estimate of drug-likeness (QED) is 0.711. The predicted molar refractivity (Wildman–Crippen MR) is 59.2 cm³/mol. The van der Waals surface area contributed by atoms with Gasteiger partial charge in [0.2, 0.25) is 5.91 Å². The topological polar surface area (TPSA) is 41.1 Å². The number of hydrogen-bond acceptors (Lipinski definition) is 3. The van der Waals surface area contributed by atoms with Crippen LogP contribution in [-0.4, -0.2) is 37.3 Å². The lowest BCUT2D eigenvalue weighted by Crippen LogP contribution is -2.42. The van der Waals surface area contributed by atoms with E-state index in [1.54, 1.807) is 13.8 Å². The van der Waals surface area contributed by atoms with E-state index < -0.39 is 10.9 Å². The summed E-state index contributed by atoms with van der Waals surface area (Å²) in [7, 11) is 1.53. The monoisotopic (exact) mass is 258 g/mol. The highest BCUT2D eigenvalue weighted by molar-refractivity contribution is 8.00. The van der Waals surface area contributed by atoms with Crippen LogP contribution in [0.15, 0.2) is 0 Å². The Balaban J connectivity index is 3.70. The fourth-order valence-corrected chi connectivity index (χ4v) is 1.54. The summed E-state index contributed by atoms with van der Waals surface area (Å²) >= 11 is -0.0648. The number of rotatable bonds is 6. The van der Waals surface area contributed by atoms with Gasteiger partial charge in [0.15, 0.2) is 0 Å². The molecular weight excluding hydrogens is 241 g/mol. The minimum atomic E-state index is -4.18. The number of nitrogens with one attached hydrogen (secondary N) is 2. The number of carbonyl (C=O) groups excluding carboxylic acids is 1. The molecule has 0 fully saturated rings. The van der Waals surface area contributed by atoms with E-state index in [0.29, 0.717) is 6.54 Å². The molecule has 3 nitrogen and oxygen atoms in total. The van der Waals surface area contributed by atoms with E-state index in [-0.39, 0.29) is 30.0 Å². The maximum Gasteiger partial charge on any atom is 0.441 e. The third-order valence-electron chi connectivity index (χ3n) is 1.95. The molecule has 0 aromatic heterocycles. The van der Waals surface area contributed by atoms with Crippen LogP contribution in [0.2, 0.25) is 0 Å². The predicted octanol–water partition coefficient (Wildman–Crippen LogP) is 1.60. The molecule has 0 unspecified atom stereocenters. The largest absolute Gasteiger partial charge is 0.441 e. The molecule has 0 bridgehead atoms. The molecule has 0 saturated heterocycles. The van der Waals surface area contributed by atoms with Crippen LogP contribution < -0.4 is 10.6 Å². The van der Waals surface area contributed by atoms with Gasteiger partial charge in [0.1, 0.15) is 0 Å². The number of halogens is 3. The summed E-state index contributed by atoms with van der Waals surface area (Å²) in [5.41, 5.74) is -4.80. The smallest absolute Gasteiger partial charge is 0.359 e. The Bertz CT molecular complexity index is 231. The molecule has 0 atom stereocenters. The van der Waals surface area contributed by atoms with Crippen molar-refractivity contribution in [2.75, 3.05) is 25.9 Å². The zero-order valence-corrected chi connectivity index (χ0v) is 10.4. The average molecular weight is 258 g/mol. The Kier molecular flexibility index (Phi) is 6.17. The van der Waals surface area contributed by atoms with Crippen LogP contribution in [-0.2, 0) is 4.79 Å². The second kappa shape index (κ2) is 6.34. The minimum Gasteiger partial charge on any atom is -0.359 e. The third kappa shape index (κ3) is 6.95. The van der Waals surface area contributed by atoms with Crippen molar-refractivity contribution in [1.29, 1.82) is 0 Å². The fraction of sp³-hybridized carbons (Fsp3) is 0.889. The lowest BCUT2D eigenvalue weighted by molar-refractivity contribution is -0.128. The molecule has 0 aromatic rings. The zero-order chi connectivity index (χ0) is 12.8. The lowest BCUT2D eigenvalue weighted by atomic mass is 9.92. The van der Waals surface area contributed by atoms with Gasteiger partial charge in [-0.05, 0) is 25.6 Å². The molecule has 0 heterocycles. The van der Waals surface area contributed by atoms with Gasteiger partial charge in [-0.3, -0.25) is 4.79 Å². The van der Waals surface area contributed by atoms with Crippen molar-refractivity contribution < 1.29 is 18.0 Å². The molecule has 0 aromatic carbocycles. The molecular formula is C9H17F3N2OS. The van der Waals surface area contributed by atoms with Crippen molar-refractivity contribution in [3.05, 3.63) is 0 Å². The van der Waals surface area contributed by atoms with Gasteiger partial charge in [-0.25, -0.2) is 0 Å². The number of carbonyl (C=O) groups is 1. The number of thioether (sulfide) groups is 1. The van der Waals surface area contributed by atoms with Crippen LogP contribution in [0.25, 0.3) is 0 Å². The van der Waals surface area contributed by atoms with Crippen molar-refractivity contribution in [3.63, 3.8) is 0 Å². The molecule has 0 rings (SSSR count). The molecule has 0 aliphatic rings. The summed E-state index contributed by atoms with van der Waals surface area (Å²) in [5.74, 6) is -0.184. The highest BCUT2D eigenvalue weighted by Gasteiger charge is 2.28. The maximum atomic E-state index is 11.8. The van der Waals surface area contributed by atoms with Gasteiger partial charge in [0.05, 0.1) is 5.41 Å². The molecule has 0 aliphatic heterocycles. The van der Waals surface area contributed by atoms with Gasteiger partial charge >= 0.3 is 5.51 Å². The molecule has 1 amide bonds.